The average Bonchev–Trinajstić information content (AvgIpc) is 2.44. The maximum atomic E-state index is 6.33. The lowest BCUT2D eigenvalue weighted by Gasteiger charge is -2.34. The van der Waals surface area contributed by atoms with E-state index in [4.69, 9.17) is 19.9 Å². The molecule has 0 aliphatic heterocycles. The molecule has 0 radical (unpaired) electrons. The lowest BCUT2D eigenvalue weighted by atomic mass is 9.88. The van der Waals surface area contributed by atoms with Gasteiger partial charge < -0.3 is 19.9 Å². The summed E-state index contributed by atoms with van der Waals surface area (Å²) in [6.45, 7) is 4.05. The number of ether oxygens (including phenoxy) is 3. The maximum absolute atomic E-state index is 6.33. The van der Waals surface area contributed by atoms with Crippen molar-refractivity contribution in [1.82, 2.24) is 0 Å². The summed E-state index contributed by atoms with van der Waals surface area (Å²) in [5.41, 5.74) is 6.79. The second kappa shape index (κ2) is 6.07. The molecule has 102 valence electrons. The van der Waals surface area contributed by atoms with E-state index in [0.29, 0.717) is 0 Å². The summed E-state index contributed by atoms with van der Waals surface area (Å²) in [5.74, 6) is 1.51. The summed E-state index contributed by atoms with van der Waals surface area (Å²) in [4.78, 5) is 0. The number of rotatable bonds is 6. The van der Waals surface area contributed by atoms with E-state index in [1.54, 1.807) is 21.3 Å². The van der Waals surface area contributed by atoms with Crippen LogP contribution in [0.5, 0.6) is 11.5 Å². The highest BCUT2D eigenvalue weighted by Crippen LogP contribution is 2.36. The van der Waals surface area contributed by atoms with Crippen LogP contribution >= 0.6 is 0 Å². The van der Waals surface area contributed by atoms with Gasteiger partial charge in [-0.3, -0.25) is 0 Å². The van der Waals surface area contributed by atoms with Crippen LogP contribution in [0.2, 0.25) is 0 Å². The van der Waals surface area contributed by atoms with Crippen LogP contribution in [-0.4, -0.2) is 26.9 Å². The van der Waals surface area contributed by atoms with Crippen molar-refractivity contribution in [2.75, 3.05) is 21.3 Å². The van der Waals surface area contributed by atoms with Crippen LogP contribution < -0.4 is 15.2 Å². The predicted molar refractivity (Wildman–Crippen MR) is 72.2 cm³/mol. The van der Waals surface area contributed by atoms with Crippen LogP contribution in [-0.2, 0) is 4.74 Å². The highest BCUT2D eigenvalue weighted by atomic mass is 16.5. The molecule has 2 N–H and O–H groups in total. The molecule has 4 heteroatoms. The molecule has 0 aliphatic carbocycles. The molecule has 0 spiro atoms. The Morgan fingerprint density at radius 2 is 1.89 bits per heavy atom. The van der Waals surface area contributed by atoms with Gasteiger partial charge >= 0.3 is 0 Å². The van der Waals surface area contributed by atoms with Crippen LogP contribution in [0.15, 0.2) is 18.2 Å². The number of hydrogen-bond donors (Lipinski definition) is 1. The number of hydrogen-bond acceptors (Lipinski definition) is 4. The van der Waals surface area contributed by atoms with Gasteiger partial charge in [0.1, 0.15) is 11.5 Å². The fraction of sp³-hybridized carbons (Fsp3) is 0.571. The van der Waals surface area contributed by atoms with E-state index in [-0.39, 0.29) is 6.04 Å². The molecule has 0 aliphatic rings. The van der Waals surface area contributed by atoms with E-state index >= 15 is 0 Å². The number of benzene rings is 1. The third-order valence-corrected chi connectivity index (χ3v) is 3.60. The van der Waals surface area contributed by atoms with E-state index in [0.717, 1.165) is 23.5 Å². The van der Waals surface area contributed by atoms with E-state index in [1.165, 1.54) is 0 Å². The molecule has 0 fully saturated rings. The van der Waals surface area contributed by atoms with Crippen molar-refractivity contribution in [1.29, 1.82) is 0 Å². The van der Waals surface area contributed by atoms with Gasteiger partial charge in [-0.2, -0.15) is 0 Å². The van der Waals surface area contributed by atoms with Gasteiger partial charge in [0, 0.05) is 12.7 Å². The minimum atomic E-state index is -0.431. The average molecular weight is 253 g/mol. The molecule has 0 saturated heterocycles. The van der Waals surface area contributed by atoms with Gasteiger partial charge in [-0.05, 0) is 31.5 Å². The van der Waals surface area contributed by atoms with E-state index in [9.17, 15) is 0 Å². The lowest BCUT2D eigenvalue weighted by molar-refractivity contribution is -0.0199. The minimum Gasteiger partial charge on any atom is -0.497 e. The van der Waals surface area contributed by atoms with E-state index in [2.05, 4.69) is 6.92 Å². The molecule has 2 atom stereocenters. The summed E-state index contributed by atoms with van der Waals surface area (Å²) in [6.07, 6.45) is 0.811. The molecule has 0 bridgehead atoms. The van der Waals surface area contributed by atoms with Gasteiger partial charge in [0.25, 0.3) is 0 Å². The first-order chi connectivity index (χ1) is 8.52. The van der Waals surface area contributed by atoms with Gasteiger partial charge in [-0.1, -0.05) is 6.92 Å². The molecule has 1 aromatic carbocycles. The van der Waals surface area contributed by atoms with Crippen molar-refractivity contribution in [2.24, 2.45) is 5.73 Å². The summed E-state index contributed by atoms with van der Waals surface area (Å²) in [7, 11) is 4.94. The van der Waals surface area contributed by atoms with Crippen molar-refractivity contribution in [3.63, 3.8) is 0 Å². The Hall–Kier alpha value is -1.26. The Bertz CT molecular complexity index is 389. The molecule has 1 rings (SSSR count). The van der Waals surface area contributed by atoms with Crippen molar-refractivity contribution in [2.45, 2.75) is 31.9 Å². The van der Waals surface area contributed by atoms with Crippen LogP contribution in [0.3, 0.4) is 0 Å². The van der Waals surface area contributed by atoms with E-state index in [1.807, 2.05) is 25.1 Å². The van der Waals surface area contributed by atoms with Crippen LogP contribution in [0.4, 0.5) is 0 Å². The summed E-state index contributed by atoms with van der Waals surface area (Å²) in [6, 6.07) is 5.33. The standard InChI is InChI=1S/C14H23NO3/c1-6-14(2,18-5)13(15)11-9-10(16-3)7-8-12(11)17-4/h7-9,13H,6,15H2,1-5H3. The summed E-state index contributed by atoms with van der Waals surface area (Å²) >= 11 is 0. The topological polar surface area (TPSA) is 53.7 Å². The second-order valence-electron chi connectivity index (χ2n) is 4.46. The third-order valence-electron chi connectivity index (χ3n) is 3.60. The zero-order chi connectivity index (χ0) is 13.8. The highest BCUT2D eigenvalue weighted by Gasteiger charge is 2.33. The third kappa shape index (κ3) is 2.76. The van der Waals surface area contributed by atoms with Gasteiger partial charge in [0.15, 0.2) is 0 Å². The Balaban J connectivity index is 3.21. The van der Waals surface area contributed by atoms with Crippen LogP contribution in [0, 0.1) is 0 Å². The molecule has 0 aromatic heterocycles. The maximum Gasteiger partial charge on any atom is 0.124 e. The Morgan fingerprint density at radius 1 is 1.22 bits per heavy atom. The predicted octanol–water partition coefficient (Wildman–Crippen LogP) is 2.52. The molecule has 18 heavy (non-hydrogen) atoms. The SMILES string of the molecule is CCC(C)(OC)C(N)c1cc(OC)ccc1OC. The fourth-order valence-corrected chi connectivity index (χ4v) is 1.90. The first kappa shape index (κ1) is 14.8. The number of methoxy groups -OCH3 is 3. The van der Waals surface area contributed by atoms with Crippen LogP contribution in [0.1, 0.15) is 31.9 Å². The molecule has 1 aromatic rings. The fourth-order valence-electron chi connectivity index (χ4n) is 1.90. The summed E-state index contributed by atoms with van der Waals surface area (Å²) < 4.78 is 16.1. The zero-order valence-corrected chi connectivity index (χ0v) is 11.8. The molecule has 4 nitrogen and oxygen atoms in total. The first-order valence-corrected chi connectivity index (χ1v) is 6.05. The molecule has 2 unspecified atom stereocenters. The van der Waals surface area contributed by atoms with Crippen molar-refractivity contribution in [3.8, 4) is 11.5 Å². The normalized spacial score (nSPS) is 15.9. The number of nitrogens with two attached hydrogens (primary N) is 1. The van der Waals surface area contributed by atoms with Crippen molar-refractivity contribution < 1.29 is 14.2 Å². The van der Waals surface area contributed by atoms with Gasteiger partial charge in [-0.15, -0.1) is 0 Å². The van der Waals surface area contributed by atoms with Crippen LogP contribution in [0.25, 0.3) is 0 Å². The largest absolute Gasteiger partial charge is 0.497 e. The second-order valence-corrected chi connectivity index (χ2v) is 4.46. The highest BCUT2D eigenvalue weighted by molar-refractivity contribution is 5.43. The van der Waals surface area contributed by atoms with Gasteiger partial charge in [-0.25, -0.2) is 0 Å². The Labute approximate surface area is 109 Å². The lowest BCUT2D eigenvalue weighted by Crippen LogP contribution is -2.39. The molecular weight excluding hydrogens is 230 g/mol. The molecule has 0 saturated carbocycles. The van der Waals surface area contributed by atoms with E-state index < -0.39 is 5.60 Å². The van der Waals surface area contributed by atoms with Crippen molar-refractivity contribution in [3.05, 3.63) is 23.8 Å². The Morgan fingerprint density at radius 3 is 2.33 bits per heavy atom. The van der Waals surface area contributed by atoms with Gasteiger partial charge in [0.05, 0.1) is 25.9 Å². The Kier molecular flexibility index (Phi) is 4.99. The van der Waals surface area contributed by atoms with Crippen molar-refractivity contribution >= 4 is 0 Å². The summed E-state index contributed by atoms with van der Waals surface area (Å²) in [5, 5.41) is 0. The first-order valence-electron chi connectivity index (χ1n) is 6.05. The minimum absolute atomic E-state index is 0.280. The molecule has 0 amide bonds. The zero-order valence-electron chi connectivity index (χ0n) is 11.8. The monoisotopic (exact) mass is 253 g/mol. The molecule has 0 heterocycles. The van der Waals surface area contributed by atoms with Gasteiger partial charge in [0.2, 0.25) is 0 Å². The smallest absolute Gasteiger partial charge is 0.124 e. The quantitative estimate of drug-likeness (QED) is 0.846. The molecular formula is C14H23NO3.